The van der Waals surface area contributed by atoms with Crippen molar-refractivity contribution in [2.24, 2.45) is 7.05 Å². The first-order valence-corrected chi connectivity index (χ1v) is 12.8. The van der Waals surface area contributed by atoms with E-state index in [-0.39, 0.29) is 11.6 Å². The summed E-state index contributed by atoms with van der Waals surface area (Å²) >= 11 is 0. The molecule has 0 aliphatic carbocycles. The molecule has 208 valence electrons. The number of imidazole rings is 1. The summed E-state index contributed by atoms with van der Waals surface area (Å²) in [4.78, 5) is 36.4. The van der Waals surface area contributed by atoms with Crippen LogP contribution in [0.25, 0.3) is 33.5 Å². The fraction of sp³-hybridized carbons (Fsp3) is 0.346. The van der Waals surface area contributed by atoms with Gasteiger partial charge in [-0.3, -0.25) is 14.4 Å². The van der Waals surface area contributed by atoms with Crippen molar-refractivity contribution in [3.05, 3.63) is 59.0 Å². The van der Waals surface area contributed by atoms with Gasteiger partial charge in [-0.05, 0) is 31.2 Å². The first-order valence-electron chi connectivity index (χ1n) is 12.8. The van der Waals surface area contributed by atoms with Crippen LogP contribution in [0.1, 0.15) is 18.8 Å². The maximum absolute atomic E-state index is 13.4. The van der Waals surface area contributed by atoms with Gasteiger partial charge in [-0.2, -0.15) is 18.3 Å². The first kappa shape index (κ1) is 25.8. The molecule has 11 nitrogen and oxygen atoms in total. The Balaban J connectivity index is 1.34. The summed E-state index contributed by atoms with van der Waals surface area (Å²) in [5.74, 6) is 0.919. The number of hydrogen-bond acceptors (Lipinski definition) is 8. The van der Waals surface area contributed by atoms with Gasteiger partial charge >= 0.3 is 6.18 Å². The van der Waals surface area contributed by atoms with Crippen LogP contribution in [0.3, 0.4) is 0 Å². The smallest absolute Gasteiger partial charge is 0.373 e. The number of nitrogens with zero attached hydrogens (tertiary/aromatic N) is 7. The molecule has 1 fully saturated rings. The Kier molecular flexibility index (Phi) is 6.41. The van der Waals surface area contributed by atoms with Crippen molar-refractivity contribution in [1.82, 2.24) is 39.6 Å². The number of alkyl halides is 3. The van der Waals surface area contributed by atoms with Crippen molar-refractivity contribution in [2.75, 3.05) is 42.9 Å². The minimum absolute atomic E-state index is 0.299. The minimum atomic E-state index is -4.21. The SMILES string of the molecule is C[C@H](Nc1c(-c2nc3ccc(N4CCN(CC(F)(F)F)CC4)cc3[nH]2)c(=O)[nH]c2cn(C)nc12)c1ncccn1. The molecule has 1 saturated heterocycles. The lowest BCUT2D eigenvalue weighted by Crippen LogP contribution is -2.49. The number of anilines is 2. The second-order valence-corrected chi connectivity index (χ2v) is 9.91. The van der Waals surface area contributed by atoms with Crippen LogP contribution >= 0.6 is 0 Å². The van der Waals surface area contributed by atoms with Crippen LogP contribution in [0.5, 0.6) is 0 Å². The van der Waals surface area contributed by atoms with Gasteiger partial charge in [0, 0.05) is 57.5 Å². The molecule has 1 aliphatic heterocycles. The van der Waals surface area contributed by atoms with E-state index < -0.39 is 12.7 Å². The second-order valence-electron chi connectivity index (χ2n) is 9.91. The van der Waals surface area contributed by atoms with Gasteiger partial charge in [0.1, 0.15) is 22.7 Å². The fourth-order valence-electron chi connectivity index (χ4n) is 5.09. The number of nitrogens with one attached hydrogen (secondary N) is 3. The molecule has 40 heavy (non-hydrogen) atoms. The second kappa shape index (κ2) is 9.93. The van der Waals surface area contributed by atoms with Crippen LogP contribution in [0, 0.1) is 0 Å². The van der Waals surface area contributed by atoms with Crippen LogP contribution in [0.2, 0.25) is 0 Å². The third kappa shape index (κ3) is 5.09. The zero-order chi connectivity index (χ0) is 28.0. The van der Waals surface area contributed by atoms with Crippen LogP contribution in [0.4, 0.5) is 24.5 Å². The molecule has 0 amide bonds. The quantitative estimate of drug-likeness (QED) is 0.293. The Morgan fingerprint density at radius 3 is 2.55 bits per heavy atom. The summed E-state index contributed by atoms with van der Waals surface area (Å²) < 4.78 is 39.9. The number of rotatable bonds is 6. The molecule has 0 spiro atoms. The maximum atomic E-state index is 13.4. The van der Waals surface area contributed by atoms with E-state index in [2.05, 4.69) is 30.4 Å². The summed E-state index contributed by atoms with van der Waals surface area (Å²) in [6.45, 7) is 2.60. The average Bonchev–Trinajstić information content (AvgIpc) is 3.50. The van der Waals surface area contributed by atoms with E-state index in [1.807, 2.05) is 30.0 Å². The molecule has 6 rings (SSSR count). The lowest BCUT2D eigenvalue weighted by atomic mass is 10.1. The number of benzene rings is 1. The average molecular weight is 553 g/mol. The van der Waals surface area contributed by atoms with E-state index in [4.69, 9.17) is 4.98 Å². The van der Waals surface area contributed by atoms with E-state index in [0.717, 1.165) is 5.69 Å². The van der Waals surface area contributed by atoms with Gasteiger partial charge in [-0.15, -0.1) is 0 Å². The molecule has 0 saturated carbocycles. The minimum Gasteiger partial charge on any atom is -0.373 e. The van der Waals surface area contributed by atoms with Gasteiger partial charge in [-0.25, -0.2) is 15.0 Å². The number of pyridine rings is 1. The summed E-state index contributed by atoms with van der Waals surface area (Å²) in [6.07, 6.45) is 0.836. The molecule has 5 heterocycles. The predicted molar refractivity (Wildman–Crippen MR) is 145 cm³/mol. The van der Waals surface area contributed by atoms with E-state index in [9.17, 15) is 18.0 Å². The lowest BCUT2D eigenvalue weighted by Gasteiger charge is -2.36. The largest absolute Gasteiger partial charge is 0.401 e. The molecular formula is C26H27F3N10O. The normalized spacial score (nSPS) is 15.7. The van der Waals surface area contributed by atoms with E-state index in [1.165, 1.54) is 4.90 Å². The first-order chi connectivity index (χ1) is 19.1. The topological polar surface area (TPSA) is 124 Å². The number of aryl methyl sites for hydroxylation is 1. The Labute approximate surface area is 226 Å². The monoisotopic (exact) mass is 552 g/mol. The zero-order valence-electron chi connectivity index (χ0n) is 21.8. The number of halogens is 3. The van der Waals surface area contributed by atoms with Crippen molar-refractivity contribution in [2.45, 2.75) is 19.1 Å². The highest BCUT2D eigenvalue weighted by molar-refractivity contribution is 5.96. The molecule has 4 aromatic heterocycles. The van der Waals surface area contributed by atoms with Crippen molar-refractivity contribution in [3.63, 3.8) is 0 Å². The highest BCUT2D eigenvalue weighted by atomic mass is 19.4. The molecule has 1 aliphatic rings. The fourth-order valence-corrected chi connectivity index (χ4v) is 5.09. The molecule has 5 aromatic rings. The van der Waals surface area contributed by atoms with Gasteiger partial charge in [-0.1, -0.05) is 0 Å². The molecular weight excluding hydrogens is 525 g/mol. The summed E-state index contributed by atoms with van der Waals surface area (Å²) in [5.41, 5.74) is 3.82. The maximum Gasteiger partial charge on any atom is 0.401 e. The van der Waals surface area contributed by atoms with E-state index in [0.29, 0.717) is 71.1 Å². The van der Waals surface area contributed by atoms with Crippen LogP contribution in [-0.2, 0) is 7.05 Å². The van der Waals surface area contributed by atoms with Crippen molar-refractivity contribution < 1.29 is 13.2 Å². The van der Waals surface area contributed by atoms with E-state index >= 15 is 0 Å². The standard InChI is InChI=1S/C26H27F3N10O/c1-15(23-30-6-3-7-31-23)32-22-20(25(40)35-19-13-37(2)36-21(19)22)24-33-17-5-4-16(12-18(17)34-24)39-10-8-38(9-11-39)14-26(27,28)29/h3-7,12-13,15,32H,8-11,14H2,1-2H3,(H,33,34)(H,35,40)/t15-/m0/s1. The molecule has 14 heteroatoms. The van der Waals surface area contributed by atoms with Crippen LogP contribution in [0.15, 0.2) is 47.7 Å². The molecule has 0 unspecified atom stereocenters. The van der Waals surface area contributed by atoms with Gasteiger partial charge in [0.15, 0.2) is 0 Å². The van der Waals surface area contributed by atoms with Crippen LogP contribution in [-0.4, -0.2) is 78.5 Å². The summed E-state index contributed by atoms with van der Waals surface area (Å²) in [7, 11) is 1.77. The predicted octanol–water partition coefficient (Wildman–Crippen LogP) is 3.45. The van der Waals surface area contributed by atoms with Gasteiger partial charge in [0.25, 0.3) is 5.56 Å². The highest BCUT2D eigenvalue weighted by Crippen LogP contribution is 2.33. The Hall–Kier alpha value is -4.46. The van der Waals surface area contributed by atoms with Crippen molar-refractivity contribution in [1.29, 1.82) is 0 Å². The Bertz CT molecular complexity index is 1720. The molecule has 0 bridgehead atoms. The van der Waals surface area contributed by atoms with Crippen molar-refractivity contribution >= 4 is 33.4 Å². The highest BCUT2D eigenvalue weighted by Gasteiger charge is 2.32. The zero-order valence-corrected chi connectivity index (χ0v) is 21.8. The molecule has 0 radical (unpaired) electrons. The molecule has 1 atom stereocenters. The summed E-state index contributed by atoms with van der Waals surface area (Å²) in [6, 6.07) is 7.04. The molecule has 1 aromatic carbocycles. The summed E-state index contributed by atoms with van der Waals surface area (Å²) in [5, 5.41) is 7.94. The van der Waals surface area contributed by atoms with Gasteiger partial charge in [0.05, 0.1) is 34.8 Å². The number of H-pyrrole nitrogens is 2. The number of hydrogen-bond donors (Lipinski definition) is 3. The number of fused-ring (bicyclic) bond motifs is 2. The van der Waals surface area contributed by atoms with Gasteiger partial charge in [0.2, 0.25) is 0 Å². The van der Waals surface area contributed by atoms with Crippen LogP contribution < -0.4 is 15.8 Å². The lowest BCUT2D eigenvalue weighted by molar-refractivity contribution is -0.146. The van der Waals surface area contributed by atoms with Crippen molar-refractivity contribution in [3.8, 4) is 11.4 Å². The Morgan fingerprint density at radius 2 is 1.82 bits per heavy atom. The van der Waals surface area contributed by atoms with Gasteiger partial charge < -0.3 is 20.2 Å². The third-order valence-corrected chi connectivity index (χ3v) is 6.97. The number of piperazine rings is 1. The Morgan fingerprint density at radius 1 is 1.07 bits per heavy atom. The third-order valence-electron chi connectivity index (χ3n) is 6.97. The number of aromatic nitrogens is 7. The molecule has 3 N–H and O–H groups in total. The number of aromatic amines is 2. The van der Waals surface area contributed by atoms with E-state index in [1.54, 1.807) is 36.4 Å².